The first-order valence-corrected chi connectivity index (χ1v) is 7.03. The Balaban J connectivity index is 1.71. The number of hydrogen-bond donors (Lipinski definition) is 2. The van der Waals surface area contributed by atoms with E-state index in [2.05, 4.69) is 24.5 Å². The van der Waals surface area contributed by atoms with E-state index >= 15 is 0 Å². The molecule has 0 saturated heterocycles. The van der Waals surface area contributed by atoms with Crippen molar-refractivity contribution < 1.29 is 4.79 Å². The van der Waals surface area contributed by atoms with Gasteiger partial charge in [-0.05, 0) is 50.9 Å². The van der Waals surface area contributed by atoms with Crippen LogP contribution in [-0.4, -0.2) is 24.0 Å². The van der Waals surface area contributed by atoms with Crippen LogP contribution in [0.4, 0.5) is 0 Å². The highest BCUT2D eigenvalue weighted by molar-refractivity contribution is 5.81. The first-order chi connectivity index (χ1) is 7.96. The SMILES string of the molecule is CC(NC1CCC(C)(C)CC1)C(=O)NC1CC1. The van der Waals surface area contributed by atoms with Crippen molar-refractivity contribution in [3.8, 4) is 0 Å². The summed E-state index contributed by atoms with van der Waals surface area (Å²) in [6.07, 6.45) is 7.26. The summed E-state index contributed by atoms with van der Waals surface area (Å²) in [6, 6.07) is 0.960. The minimum Gasteiger partial charge on any atom is -0.352 e. The molecule has 3 nitrogen and oxygen atoms in total. The lowest BCUT2D eigenvalue weighted by Crippen LogP contribution is -2.48. The topological polar surface area (TPSA) is 41.1 Å². The van der Waals surface area contributed by atoms with E-state index in [1.54, 1.807) is 0 Å². The van der Waals surface area contributed by atoms with Gasteiger partial charge in [0.25, 0.3) is 0 Å². The van der Waals surface area contributed by atoms with Gasteiger partial charge in [-0.25, -0.2) is 0 Å². The predicted octanol–water partition coefficient (Wildman–Crippen LogP) is 2.21. The maximum atomic E-state index is 11.8. The number of carbonyl (C=O) groups is 1. The molecule has 1 amide bonds. The summed E-state index contributed by atoms with van der Waals surface area (Å²) in [6.45, 7) is 6.66. The molecular weight excluding hydrogens is 212 g/mol. The number of rotatable bonds is 4. The smallest absolute Gasteiger partial charge is 0.237 e. The van der Waals surface area contributed by atoms with E-state index in [9.17, 15) is 4.79 Å². The van der Waals surface area contributed by atoms with E-state index in [4.69, 9.17) is 0 Å². The van der Waals surface area contributed by atoms with Crippen molar-refractivity contribution in [1.82, 2.24) is 10.6 Å². The van der Waals surface area contributed by atoms with Crippen molar-refractivity contribution >= 4 is 5.91 Å². The van der Waals surface area contributed by atoms with Gasteiger partial charge in [-0.15, -0.1) is 0 Å². The second kappa shape index (κ2) is 4.97. The standard InChI is InChI=1S/C14H26N2O/c1-10(13(17)16-11-4-5-11)15-12-6-8-14(2,3)9-7-12/h10-12,15H,4-9H2,1-3H3,(H,16,17). The highest BCUT2D eigenvalue weighted by atomic mass is 16.2. The van der Waals surface area contributed by atoms with E-state index < -0.39 is 0 Å². The van der Waals surface area contributed by atoms with Crippen LogP contribution < -0.4 is 10.6 Å². The zero-order valence-corrected chi connectivity index (χ0v) is 11.4. The molecule has 1 unspecified atom stereocenters. The molecule has 1 atom stereocenters. The summed E-state index contributed by atoms with van der Waals surface area (Å²) in [5, 5.41) is 6.54. The summed E-state index contributed by atoms with van der Waals surface area (Å²) < 4.78 is 0. The highest BCUT2D eigenvalue weighted by Crippen LogP contribution is 2.35. The quantitative estimate of drug-likeness (QED) is 0.788. The third kappa shape index (κ3) is 3.98. The van der Waals surface area contributed by atoms with E-state index in [-0.39, 0.29) is 11.9 Å². The molecule has 2 saturated carbocycles. The molecule has 0 aromatic carbocycles. The molecule has 3 heteroatoms. The summed E-state index contributed by atoms with van der Waals surface area (Å²) in [4.78, 5) is 11.8. The minimum absolute atomic E-state index is 0.0400. The molecule has 2 fully saturated rings. The lowest BCUT2D eigenvalue weighted by Gasteiger charge is -2.35. The summed E-state index contributed by atoms with van der Waals surface area (Å²) in [7, 11) is 0. The molecule has 0 aliphatic heterocycles. The van der Waals surface area contributed by atoms with E-state index in [1.165, 1.54) is 25.7 Å². The fourth-order valence-corrected chi connectivity index (χ4v) is 2.55. The molecule has 2 rings (SSSR count). The molecule has 17 heavy (non-hydrogen) atoms. The van der Waals surface area contributed by atoms with Crippen molar-refractivity contribution in [2.75, 3.05) is 0 Å². The number of hydrogen-bond acceptors (Lipinski definition) is 2. The number of carbonyl (C=O) groups excluding carboxylic acids is 1. The van der Waals surface area contributed by atoms with Gasteiger partial charge in [0.1, 0.15) is 0 Å². The van der Waals surface area contributed by atoms with Gasteiger partial charge in [-0.2, -0.15) is 0 Å². The van der Waals surface area contributed by atoms with Gasteiger partial charge in [0, 0.05) is 12.1 Å². The lowest BCUT2D eigenvalue weighted by atomic mass is 9.75. The van der Waals surface area contributed by atoms with Crippen LogP contribution >= 0.6 is 0 Å². The molecule has 2 aliphatic rings. The fourth-order valence-electron chi connectivity index (χ4n) is 2.55. The van der Waals surface area contributed by atoms with Crippen LogP contribution in [0.2, 0.25) is 0 Å². The summed E-state index contributed by atoms with van der Waals surface area (Å²) in [5.74, 6) is 0.178. The molecule has 0 spiro atoms. The maximum Gasteiger partial charge on any atom is 0.237 e. The molecule has 2 N–H and O–H groups in total. The van der Waals surface area contributed by atoms with Crippen LogP contribution in [0.3, 0.4) is 0 Å². The molecule has 0 aromatic rings. The molecule has 0 radical (unpaired) electrons. The zero-order valence-electron chi connectivity index (χ0n) is 11.4. The first-order valence-electron chi connectivity index (χ1n) is 7.03. The van der Waals surface area contributed by atoms with Crippen LogP contribution in [0.5, 0.6) is 0 Å². The Bertz CT molecular complexity index is 274. The van der Waals surface area contributed by atoms with Gasteiger partial charge in [0.2, 0.25) is 5.91 Å². The Morgan fingerprint density at radius 1 is 1.12 bits per heavy atom. The maximum absolute atomic E-state index is 11.8. The second-order valence-electron chi connectivity index (χ2n) is 6.61. The van der Waals surface area contributed by atoms with Crippen molar-refractivity contribution in [2.24, 2.45) is 5.41 Å². The van der Waals surface area contributed by atoms with Crippen LogP contribution in [0.1, 0.15) is 59.3 Å². The molecule has 0 heterocycles. The van der Waals surface area contributed by atoms with Gasteiger partial charge in [-0.3, -0.25) is 4.79 Å². The molecule has 98 valence electrons. The van der Waals surface area contributed by atoms with Crippen LogP contribution in [0, 0.1) is 5.41 Å². The third-order valence-corrected chi connectivity index (χ3v) is 4.14. The van der Waals surface area contributed by atoms with Gasteiger partial charge in [0.15, 0.2) is 0 Å². The average molecular weight is 238 g/mol. The highest BCUT2D eigenvalue weighted by Gasteiger charge is 2.30. The van der Waals surface area contributed by atoms with Crippen LogP contribution in [0.15, 0.2) is 0 Å². The molecular formula is C14H26N2O. The first kappa shape index (κ1) is 12.9. The second-order valence-corrected chi connectivity index (χ2v) is 6.61. The third-order valence-electron chi connectivity index (χ3n) is 4.14. The molecule has 2 aliphatic carbocycles. The summed E-state index contributed by atoms with van der Waals surface area (Å²) >= 11 is 0. The minimum atomic E-state index is -0.0400. The van der Waals surface area contributed by atoms with E-state index in [0.717, 1.165) is 12.8 Å². The monoisotopic (exact) mass is 238 g/mol. The molecule has 0 aromatic heterocycles. The van der Waals surface area contributed by atoms with Crippen LogP contribution in [0.25, 0.3) is 0 Å². The average Bonchev–Trinajstić information content (AvgIpc) is 3.05. The van der Waals surface area contributed by atoms with Crippen molar-refractivity contribution in [1.29, 1.82) is 0 Å². The Morgan fingerprint density at radius 3 is 2.24 bits per heavy atom. The Kier molecular flexibility index (Phi) is 3.76. The van der Waals surface area contributed by atoms with E-state index in [0.29, 0.717) is 17.5 Å². The fraction of sp³-hybridized carbons (Fsp3) is 0.929. The number of nitrogens with one attached hydrogen (secondary N) is 2. The normalized spacial score (nSPS) is 26.5. The molecule has 0 bridgehead atoms. The van der Waals surface area contributed by atoms with Gasteiger partial charge in [-0.1, -0.05) is 13.8 Å². The van der Waals surface area contributed by atoms with Gasteiger partial charge >= 0.3 is 0 Å². The van der Waals surface area contributed by atoms with Crippen molar-refractivity contribution in [3.63, 3.8) is 0 Å². The van der Waals surface area contributed by atoms with Crippen molar-refractivity contribution in [2.45, 2.75) is 77.4 Å². The number of amides is 1. The summed E-state index contributed by atoms with van der Waals surface area (Å²) in [5.41, 5.74) is 0.498. The van der Waals surface area contributed by atoms with Gasteiger partial charge < -0.3 is 10.6 Å². The van der Waals surface area contributed by atoms with Gasteiger partial charge in [0.05, 0.1) is 6.04 Å². The zero-order chi connectivity index (χ0) is 12.5. The van der Waals surface area contributed by atoms with E-state index in [1.807, 2.05) is 6.92 Å². The predicted molar refractivity (Wildman–Crippen MR) is 69.8 cm³/mol. The Morgan fingerprint density at radius 2 is 1.71 bits per heavy atom. The lowest BCUT2D eigenvalue weighted by molar-refractivity contribution is -0.123. The Labute approximate surface area is 105 Å². The van der Waals surface area contributed by atoms with Crippen molar-refractivity contribution in [3.05, 3.63) is 0 Å². The Hall–Kier alpha value is -0.570. The van der Waals surface area contributed by atoms with Crippen LogP contribution in [-0.2, 0) is 4.79 Å². The largest absolute Gasteiger partial charge is 0.352 e.